The molecular formula is C18H29N5O2. The van der Waals surface area contributed by atoms with E-state index in [1.54, 1.807) is 18.1 Å². The Morgan fingerprint density at radius 1 is 1.32 bits per heavy atom. The van der Waals surface area contributed by atoms with Crippen LogP contribution in [0.5, 0.6) is 11.5 Å². The van der Waals surface area contributed by atoms with E-state index in [0.29, 0.717) is 13.2 Å². The van der Waals surface area contributed by atoms with E-state index in [-0.39, 0.29) is 6.04 Å². The van der Waals surface area contributed by atoms with Crippen LogP contribution in [0.4, 0.5) is 0 Å². The number of likely N-dealkylation sites (N-methyl/N-ethyl adjacent to an activating group) is 1. The molecule has 7 heteroatoms. The highest BCUT2D eigenvalue weighted by molar-refractivity contribution is 5.46. The van der Waals surface area contributed by atoms with Crippen LogP contribution in [0.1, 0.15) is 30.8 Å². The fourth-order valence-electron chi connectivity index (χ4n) is 2.63. The molecular weight excluding hydrogens is 318 g/mol. The second kappa shape index (κ2) is 9.39. The zero-order valence-electron chi connectivity index (χ0n) is 15.8. The molecule has 1 aromatic carbocycles. The predicted molar refractivity (Wildman–Crippen MR) is 97.9 cm³/mol. The largest absolute Gasteiger partial charge is 0.493 e. The van der Waals surface area contributed by atoms with Crippen molar-refractivity contribution in [2.75, 3.05) is 34.4 Å². The minimum Gasteiger partial charge on any atom is -0.493 e. The van der Waals surface area contributed by atoms with E-state index in [4.69, 9.17) is 9.47 Å². The molecule has 0 bridgehead atoms. The minimum absolute atomic E-state index is 0.133. The highest BCUT2D eigenvalue weighted by Gasteiger charge is 2.16. The van der Waals surface area contributed by atoms with Gasteiger partial charge in [-0.15, -0.1) is 0 Å². The van der Waals surface area contributed by atoms with E-state index in [1.165, 1.54) is 0 Å². The SMILES string of the molecule is CC[C@H](NCc1cccc(OC)c1OCCN(C)C)c1ncnn1C. The first-order valence-electron chi connectivity index (χ1n) is 8.57. The van der Waals surface area contributed by atoms with Crippen molar-refractivity contribution in [1.29, 1.82) is 0 Å². The summed E-state index contributed by atoms with van der Waals surface area (Å²) >= 11 is 0. The molecule has 0 fully saturated rings. The number of rotatable bonds is 10. The molecule has 0 radical (unpaired) electrons. The van der Waals surface area contributed by atoms with Crippen LogP contribution in [0.2, 0.25) is 0 Å². The third-order valence-corrected chi connectivity index (χ3v) is 4.07. The first kappa shape index (κ1) is 19.2. The molecule has 25 heavy (non-hydrogen) atoms. The molecule has 1 aromatic heterocycles. The topological polar surface area (TPSA) is 64.4 Å². The average molecular weight is 347 g/mol. The number of para-hydroxylation sites is 1. The fourth-order valence-corrected chi connectivity index (χ4v) is 2.63. The maximum absolute atomic E-state index is 6.01. The van der Waals surface area contributed by atoms with Gasteiger partial charge in [-0.25, -0.2) is 4.98 Å². The molecule has 0 aliphatic heterocycles. The van der Waals surface area contributed by atoms with E-state index >= 15 is 0 Å². The molecule has 138 valence electrons. The third kappa shape index (κ3) is 5.17. The van der Waals surface area contributed by atoms with Crippen molar-refractivity contribution < 1.29 is 9.47 Å². The standard InChI is InChI=1S/C18H29N5O2/c1-6-15(18-20-13-21-23(18)4)19-12-14-8-7-9-16(24-5)17(14)25-11-10-22(2)3/h7-9,13,15,19H,6,10-12H2,1-5H3/t15-/m0/s1. The lowest BCUT2D eigenvalue weighted by molar-refractivity contribution is 0.248. The van der Waals surface area contributed by atoms with Gasteiger partial charge in [0.25, 0.3) is 0 Å². The second-order valence-electron chi connectivity index (χ2n) is 6.18. The Kier molecular flexibility index (Phi) is 7.21. The average Bonchev–Trinajstić information content (AvgIpc) is 3.02. The molecule has 1 heterocycles. The van der Waals surface area contributed by atoms with E-state index in [0.717, 1.165) is 35.9 Å². The van der Waals surface area contributed by atoms with Crippen molar-refractivity contribution in [1.82, 2.24) is 25.0 Å². The molecule has 0 saturated heterocycles. The van der Waals surface area contributed by atoms with Gasteiger partial charge in [-0.2, -0.15) is 5.10 Å². The summed E-state index contributed by atoms with van der Waals surface area (Å²) in [5, 5.41) is 7.71. The molecule has 7 nitrogen and oxygen atoms in total. The van der Waals surface area contributed by atoms with Gasteiger partial charge in [0, 0.05) is 25.7 Å². The van der Waals surface area contributed by atoms with Crippen molar-refractivity contribution in [3.05, 3.63) is 35.9 Å². The molecule has 2 rings (SSSR count). The Balaban J connectivity index is 2.10. The van der Waals surface area contributed by atoms with Crippen molar-refractivity contribution in [2.24, 2.45) is 7.05 Å². The zero-order valence-corrected chi connectivity index (χ0v) is 15.8. The minimum atomic E-state index is 0.133. The molecule has 0 amide bonds. The van der Waals surface area contributed by atoms with E-state index in [2.05, 4.69) is 33.3 Å². The molecule has 1 N–H and O–H groups in total. The highest BCUT2D eigenvalue weighted by atomic mass is 16.5. The summed E-state index contributed by atoms with van der Waals surface area (Å²) in [6.45, 7) is 4.26. The van der Waals surface area contributed by atoms with E-state index in [9.17, 15) is 0 Å². The molecule has 0 spiro atoms. The normalized spacial score (nSPS) is 12.4. The summed E-state index contributed by atoms with van der Waals surface area (Å²) < 4.78 is 13.3. The van der Waals surface area contributed by atoms with E-state index < -0.39 is 0 Å². The van der Waals surface area contributed by atoms with Crippen molar-refractivity contribution in [3.8, 4) is 11.5 Å². The number of hydrogen-bond donors (Lipinski definition) is 1. The number of aromatic nitrogens is 3. The first-order valence-corrected chi connectivity index (χ1v) is 8.57. The Labute approximate surface area is 150 Å². The van der Waals surface area contributed by atoms with Gasteiger partial charge in [0.2, 0.25) is 0 Å². The maximum atomic E-state index is 6.01. The maximum Gasteiger partial charge on any atom is 0.165 e. The smallest absolute Gasteiger partial charge is 0.165 e. The van der Waals surface area contributed by atoms with Gasteiger partial charge in [0.1, 0.15) is 18.8 Å². The zero-order chi connectivity index (χ0) is 18.2. The van der Waals surface area contributed by atoms with Gasteiger partial charge in [-0.05, 0) is 26.6 Å². The lowest BCUT2D eigenvalue weighted by atomic mass is 10.1. The van der Waals surface area contributed by atoms with Gasteiger partial charge in [-0.3, -0.25) is 4.68 Å². The Hall–Kier alpha value is -2.12. The number of aryl methyl sites for hydroxylation is 1. The fraction of sp³-hybridized carbons (Fsp3) is 0.556. The van der Waals surface area contributed by atoms with Crippen LogP contribution in [-0.2, 0) is 13.6 Å². The number of hydrogen-bond acceptors (Lipinski definition) is 6. The molecule has 0 aliphatic rings. The molecule has 0 saturated carbocycles. The van der Waals surface area contributed by atoms with Crippen LogP contribution in [0, 0.1) is 0 Å². The van der Waals surface area contributed by atoms with E-state index in [1.807, 2.05) is 33.3 Å². The second-order valence-corrected chi connectivity index (χ2v) is 6.18. The van der Waals surface area contributed by atoms with Crippen LogP contribution in [0.15, 0.2) is 24.5 Å². The Morgan fingerprint density at radius 2 is 2.12 bits per heavy atom. The summed E-state index contributed by atoms with van der Waals surface area (Å²) in [4.78, 5) is 6.44. The van der Waals surface area contributed by atoms with Crippen LogP contribution in [0.25, 0.3) is 0 Å². The Morgan fingerprint density at radius 3 is 2.72 bits per heavy atom. The molecule has 2 aromatic rings. The summed E-state index contributed by atoms with van der Waals surface area (Å²) in [5.74, 6) is 2.48. The van der Waals surface area contributed by atoms with Crippen LogP contribution in [0.3, 0.4) is 0 Å². The summed E-state index contributed by atoms with van der Waals surface area (Å²) in [5.41, 5.74) is 1.07. The van der Waals surface area contributed by atoms with Gasteiger partial charge in [-0.1, -0.05) is 19.1 Å². The quantitative estimate of drug-likeness (QED) is 0.709. The summed E-state index contributed by atoms with van der Waals surface area (Å²) in [6, 6.07) is 6.10. The molecule has 1 atom stereocenters. The molecule has 0 aliphatic carbocycles. The lowest BCUT2D eigenvalue weighted by Crippen LogP contribution is -2.24. The van der Waals surface area contributed by atoms with Crippen LogP contribution >= 0.6 is 0 Å². The van der Waals surface area contributed by atoms with Crippen molar-refractivity contribution in [2.45, 2.75) is 25.9 Å². The number of methoxy groups -OCH3 is 1. The monoisotopic (exact) mass is 347 g/mol. The first-order chi connectivity index (χ1) is 12.1. The van der Waals surface area contributed by atoms with Crippen molar-refractivity contribution >= 4 is 0 Å². The number of ether oxygens (including phenoxy) is 2. The van der Waals surface area contributed by atoms with Crippen LogP contribution < -0.4 is 14.8 Å². The van der Waals surface area contributed by atoms with Gasteiger partial charge >= 0.3 is 0 Å². The number of benzene rings is 1. The Bertz CT molecular complexity index is 657. The molecule has 0 unspecified atom stereocenters. The number of nitrogens with zero attached hydrogens (tertiary/aromatic N) is 4. The van der Waals surface area contributed by atoms with Gasteiger partial charge in [0.15, 0.2) is 11.5 Å². The predicted octanol–water partition coefficient (Wildman–Crippen LogP) is 2.00. The highest BCUT2D eigenvalue weighted by Crippen LogP contribution is 2.31. The van der Waals surface area contributed by atoms with Crippen LogP contribution in [-0.4, -0.2) is 54.0 Å². The number of nitrogens with one attached hydrogen (secondary N) is 1. The van der Waals surface area contributed by atoms with Gasteiger partial charge < -0.3 is 19.7 Å². The van der Waals surface area contributed by atoms with Gasteiger partial charge in [0.05, 0.1) is 13.2 Å². The van der Waals surface area contributed by atoms with Crippen molar-refractivity contribution in [3.63, 3.8) is 0 Å². The third-order valence-electron chi connectivity index (χ3n) is 4.07. The summed E-state index contributed by atoms with van der Waals surface area (Å²) in [7, 11) is 7.63. The summed E-state index contributed by atoms with van der Waals surface area (Å²) in [6.07, 6.45) is 2.51. The lowest BCUT2D eigenvalue weighted by Gasteiger charge is -2.19.